The SMILES string of the molecule is Cc1ccccc1CN(CC(=O)N(Cc1cc(C2CC2)cc(C2CC2)c1)c1ccc(C(=O)O)cc1C)S(=O)(=O)c1c(F)c(F)c(F)c(F)c1Br. The first-order valence-corrected chi connectivity index (χ1v) is 18.2. The van der Waals surface area contributed by atoms with Crippen molar-refractivity contribution in [3.8, 4) is 0 Å². The van der Waals surface area contributed by atoms with Crippen LogP contribution in [0, 0.1) is 37.1 Å². The van der Waals surface area contributed by atoms with Crippen molar-refractivity contribution in [2.45, 2.75) is 69.4 Å². The van der Waals surface area contributed by atoms with E-state index in [2.05, 4.69) is 22.0 Å². The Labute approximate surface area is 295 Å². The standard InChI is InChI=1S/C37H33BrF4N2O5S/c1-20-5-3-4-6-26(20)18-43(50(48,49)36-31(38)32(39)33(40)34(41)35(36)42)19-30(45)44(29-12-11-25(37(46)47)13-21(29)2)17-22-14-27(23-7-8-23)16-28(15-22)24-9-10-24/h3-6,11-16,23-24H,7-10,17-19H2,1-2H3,(H,46,47). The summed E-state index contributed by atoms with van der Waals surface area (Å²) >= 11 is 2.60. The Hall–Kier alpha value is -4.07. The summed E-state index contributed by atoms with van der Waals surface area (Å²) in [5, 5.41) is 9.57. The van der Waals surface area contributed by atoms with Gasteiger partial charge in [0.1, 0.15) is 4.90 Å². The monoisotopic (exact) mass is 772 g/mol. The molecule has 2 aliphatic carbocycles. The quantitative estimate of drug-likeness (QED) is 0.0886. The van der Waals surface area contributed by atoms with Crippen LogP contribution < -0.4 is 4.90 Å². The Morgan fingerprint density at radius 3 is 1.96 bits per heavy atom. The summed E-state index contributed by atoms with van der Waals surface area (Å²) in [7, 11) is -5.23. The van der Waals surface area contributed by atoms with Crippen LogP contribution in [0.3, 0.4) is 0 Å². The van der Waals surface area contributed by atoms with Gasteiger partial charge in [-0.15, -0.1) is 0 Å². The molecule has 1 N–H and O–H groups in total. The molecule has 2 fully saturated rings. The maximum atomic E-state index is 15.2. The second-order valence-electron chi connectivity index (χ2n) is 12.9. The topological polar surface area (TPSA) is 95.0 Å². The molecule has 262 valence electrons. The minimum absolute atomic E-state index is 0.0114. The molecule has 50 heavy (non-hydrogen) atoms. The smallest absolute Gasteiger partial charge is 0.335 e. The summed E-state index contributed by atoms with van der Waals surface area (Å²) in [6.07, 6.45) is 4.20. The molecule has 2 saturated carbocycles. The number of amides is 1. The van der Waals surface area contributed by atoms with Gasteiger partial charge in [0.25, 0.3) is 0 Å². The van der Waals surface area contributed by atoms with Crippen LogP contribution in [0.25, 0.3) is 0 Å². The van der Waals surface area contributed by atoms with Crippen LogP contribution in [0.2, 0.25) is 0 Å². The van der Waals surface area contributed by atoms with Crippen LogP contribution in [-0.4, -0.2) is 36.3 Å². The number of carbonyl (C=O) groups excluding carboxylic acids is 1. The number of hydrogen-bond acceptors (Lipinski definition) is 4. The Bertz CT molecular complexity index is 2080. The highest BCUT2D eigenvalue weighted by atomic mass is 79.9. The summed E-state index contributed by atoms with van der Waals surface area (Å²) in [6, 6.07) is 17.0. The first-order chi connectivity index (χ1) is 23.7. The molecule has 6 rings (SSSR count). The van der Waals surface area contributed by atoms with Crippen molar-refractivity contribution >= 4 is 43.5 Å². The van der Waals surface area contributed by atoms with E-state index in [1.807, 2.05) is 12.1 Å². The predicted molar refractivity (Wildman–Crippen MR) is 182 cm³/mol. The number of benzene rings is 4. The zero-order valence-electron chi connectivity index (χ0n) is 27.2. The molecule has 2 aliphatic rings. The van der Waals surface area contributed by atoms with E-state index in [0.717, 1.165) is 42.4 Å². The minimum Gasteiger partial charge on any atom is -0.478 e. The average Bonchev–Trinajstić information content (AvgIpc) is 4.00. The third kappa shape index (κ3) is 7.22. The van der Waals surface area contributed by atoms with Crippen LogP contribution in [0.15, 0.2) is 70.0 Å². The van der Waals surface area contributed by atoms with Crippen molar-refractivity contribution in [2.75, 3.05) is 11.4 Å². The minimum atomic E-state index is -5.23. The number of aromatic carboxylic acids is 1. The highest BCUT2D eigenvalue weighted by Gasteiger charge is 2.38. The number of halogens is 5. The fourth-order valence-corrected chi connectivity index (χ4v) is 8.54. The first kappa shape index (κ1) is 35.7. The van der Waals surface area contributed by atoms with Crippen molar-refractivity contribution in [3.05, 3.63) is 127 Å². The van der Waals surface area contributed by atoms with Gasteiger partial charge >= 0.3 is 5.97 Å². The molecule has 1 amide bonds. The van der Waals surface area contributed by atoms with E-state index in [1.165, 1.54) is 23.1 Å². The fourth-order valence-electron chi connectivity index (χ4n) is 6.10. The molecule has 0 atom stereocenters. The molecule has 0 unspecified atom stereocenters. The highest BCUT2D eigenvalue weighted by Crippen LogP contribution is 2.45. The second kappa shape index (κ2) is 13.9. The number of nitrogens with zero attached hydrogens (tertiary/aromatic N) is 2. The maximum absolute atomic E-state index is 15.2. The maximum Gasteiger partial charge on any atom is 0.335 e. The molecule has 0 spiro atoms. The van der Waals surface area contributed by atoms with Crippen LogP contribution >= 0.6 is 15.9 Å². The first-order valence-electron chi connectivity index (χ1n) is 16.0. The fraction of sp³-hybridized carbons (Fsp3) is 0.297. The van der Waals surface area contributed by atoms with Crippen molar-refractivity contribution < 1.29 is 40.7 Å². The van der Waals surface area contributed by atoms with Gasteiger partial charge in [-0.25, -0.2) is 30.8 Å². The molecule has 7 nitrogen and oxygen atoms in total. The Balaban J connectivity index is 1.45. The van der Waals surface area contributed by atoms with Gasteiger partial charge in [-0.3, -0.25) is 4.79 Å². The molecule has 13 heteroatoms. The molecule has 0 bridgehead atoms. The number of sulfonamides is 1. The molecule has 4 aromatic carbocycles. The summed E-state index contributed by atoms with van der Waals surface area (Å²) < 4.78 is 86.2. The van der Waals surface area contributed by atoms with Crippen LogP contribution in [0.5, 0.6) is 0 Å². The van der Waals surface area contributed by atoms with E-state index in [9.17, 15) is 36.3 Å². The van der Waals surface area contributed by atoms with Crippen molar-refractivity contribution in [1.82, 2.24) is 4.31 Å². The molecule has 4 aromatic rings. The second-order valence-corrected chi connectivity index (χ2v) is 15.6. The summed E-state index contributed by atoms with van der Waals surface area (Å²) in [4.78, 5) is 26.1. The molecule has 0 radical (unpaired) electrons. The molecule has 0 aliphatic heterocycles. The lowest BCUT2D eigenvalue weighted by Crippen LogP contribution is -2.43. The Kier molecular flexibility index (Phi) is 9.95. The molecular formula is C37H33BrF4N2O5S. The Morgan fingerprint density at radius 1 is 0.800 bits per heavy atom. The van der Waals surface area contributed by atoms with Gasteiger partial charge in [0.05, 0.1) is 23.1 Å². The van der Waals surface area contributed by atoms with E-state index in [1.54, 1.807) is 38.1 Å². The van der Waals surface area contributed by atoms with E-state index < -0.39 is 67.6 Å². The number of carbonyl (C=O) groups is 2. The summed E-state index contributed by atoms with van der Waals surface area (Å²) in [6.45, 7) is 1.89. The highest BCUT2D eigenvalue weighted by molar-refractivity contribution is 9.10. The van der Waals surface area contributed by atoms with Gasteiger partial charge in [0.2, 0.25) is 15.9 Å². The van der Waals surface area contributed by atoms with Gasteiger partial charge in [-0.05, 0) is 119 Å². The Morgan fingerprint density at radius 2 is 1.40 bits per heavy atom. The molecule has 0 aromatic heterocycles. The summed E-state index contributed by atoms with van der Waals surface area (Å²) in [5.74, 6) is -9.73. The van der Waals surface area contributed by atoms with Gasteiger partial charge < -0.3 is 10.0 Å². The van der Waals surface area contributed by atoms with E-state index in [0.29, 0.717) is 38.5 Å². The molecular weight excluding hydrogens is 740 g/mol. The number of carboxylic acids is 1. The lowest BCUT2D eigenvalue weighted by atomic mass is 9.99. The van der Waals surface area contributed by atoms with E-state index >= 15 is 4.39 Å². The third-order valence-electron chi connectivity index (χ3n) is 9.20. The number of anilines is 1. The lowest BCUT2D eigenvalue weighted by Gasteiger charge is -2.29. The number of hydrogen-bond donors (Lipinski definition) is 1. The number of carboxylic acid groups (broad SMARTS) is 1. The van der Waals surface area contributed by atoms with E-state index in [4.69, 9.17) is 0 Å². The molecule has 0 heterocycles. The van der Waals surface area contributed by atoms with Crippen LogP contribution in [0.4, 0.5) is 23.2 Å². The summed E-state index contributed by atoms with van der Waals surface area (Å²) in [5.41, 5.74) is 4.85. The van der Waals surface area contributed by atoms with Crippen LogP contribution in [-0.2, 0) is 27.9 Å². The number of aryl methyl sites for hydroxylation is 2. The lowest BCUT2D eigenvalue weighted by molar-refractivity contribution is -0.119. The van der Waals surface area contributed by atoms with E-state index in [-0.39, 0.29) is 12.1 Å². The zero-order valence-corrected chi connectivity index (χ0v) is 29.6. The average molecular weight is 774 g/mol. The normalized spacial score (nSPS) is 14.6. The van der Waals surface area contributed by atoms with Crippen molar-refractivity contribution in [1.29, 1.82) is 0 Å². The van der Waals surface area contributed by atoms with Gasteiger partial charge in [-0.2, -0.15) is 4.31 Å². The third-order valence-corrected chi connectivity index (χ3v) is 12.0. The number of rotatable bonds is 12. The molecule has 0 saturated heterocycles. The van der Waals surface area contributed by atoms with Gasteiger partial charge in [0, 0.05) is 12.2 Å². The van der Waals surface area contributed by atoms with Crippen LogP contribution in [0.1, 0.15) is 81.3 Å². The predicted octanol–water partition coefficient (Wildman–Crippen LogP) is 8.50. The van der Waals surface area contributed by atoms with Crippen molar-refractivity contribution in [3.63, 3.8) is 0 Å². The largest absolute Gasteiger partial charge is 0.478 e. The van der Waals surface area contributed by atoms with Crippen molar-refractivity contribution in [2.24, 2.45) is 0 Å². The van der Waals surface area contributed by atoms with Gasteiger partial charge in [-0.1, -0.05) is 42.5 Å². The zero-order chi connectivity index (χ0) is 36.1. The van der Waals surface area contributed by atoms with Gasteiger partial charge in [0.15, 0.2) is 23.3 Å².